The molecule has 0 aromatic heterocycles. The minimum atomic E-state index is -3.75. The lowest BCUT2D eigenvalue weighted by atomic mass is 9.87. The molecular formula is C21H25ClN2O3S. The van der Waals surface area contributed by atoms with Crippen LogP contribution in [0, 0.1) is 0 Å². The Hall–Kier alpha value is -1.89. The number of carbonyl (C=O) groups is 1. The van der Waals surface area contributed by atoms with Gasteiger partial charge < -0.3 is 5.32 Å². The summed E-state index contributed by atoms with van der Waals surface area (Å²) in [7, 11) is -3.75. The Bertz CT molecular complexity index is 971. The summed E-state index contributed by atoms with van der Waals surface area (Å²) in [5.74, 6) is -0.297. The van der Waals surface area contributed by atoms with Crippen LogP contribution in [0.25, 0.3) is 0 Å². The highest BCUT2D eigenvalue weighted by Crippen LogP contribution is 2.30. The van der Waals surface area contributed by atoms with Crippen molar-refractivity contribution in [1.82, 2.24) is 9.62 Å². The molecule has 7 heteroatoms. The van der Waals surface area contributed by atoms with E-state index in [9.17, 15) is 13.2 Å². The number of hydrogen-bond donors (Lipinski definition) is 1. The molecule has 1 amide bonds. The van der Waals surface area contributed by atoms with Crippen LogP contribution < -0.4 is 5.32 Å². The van der Waals surface area contributed by atoms with E-state index in [1.807, 2.05) is 18.2 Å². The largest absolute Gasteiger partial charge is 0.345 e. The number of hydrogen-bond acceptors (Lipinski definition) is 3. The van der Waals surface area contributed by atoms with Crippen molar-refractivity contribution in [2.45, 2.75) is 44.0 Å². The molecule has 1 aliphatic rings. The average molecular weight is 421 g/mol. The zero-order valence-corrected chi connectivity index (χ0v) is 17.7. The van der Waals surface area contributed by atoms with E-state index in [1.54, 1.807) is 19.9 Å². The van der Waals surface area contributed by atoms with Crippen LogP contribution in [0.15, 0.2) is 47.4 Å². The summed E-state index contributed by atoms with van der Waals surface area (Å²) >= 11 is 6.16. The zero-order valence-electron chi connectivity index (χ0n) is 16.1. The van der Waals surface area contributed by atoms with Gasteiger partial charge in [0, 0.05) is 18.7 Å². The van der Waals surface area contributed by atoms with Crippen LogP contribution in [-0.4, -0.2) is 31.7 Å². The molecule has 0 saturated heterocycles. The normalized spacial score (nSPS) is 16.6. The maximum atomic E-state index is 12.9. The molecular weight excluding hydrogens is 396 g/mol. The highest BCUT2D eigenvalue weighted by atomic mass is 35.5. The van der Waals surface area contributed by atoms with Crippen LogP contribution in [0.1, 0.15) is 54.2 Å². The number of sulfonamides is 1. The Morgan fingerprint density at radius 2 is 1.89 bits per heavy atom. The van der Waals surface area contributed by atoms with E-state index >= 15 is 0 Å². The van der Waals surface area contributed by atoms with E-state index < -0.39 is 10.0 Å². The monoisotopic (exact) mass is 420 g/mol. The van der Waals surface area contributed by atoms with Gasteiger partial charge in [0.05, 0.1) is 11.1 Å². The van der Waals surface area contributed by atoms with Crippen LogP contribution >= 0.6 is 11.6 Å². The van der Waals surface area contributed by atoms with Gasteiger partial charge in [-0.3, -0.25) is 4.79 Å². The average Bonchev–Trinajstić information content (AvgIpc) is 2.69. The molecule has 1 unspecified atom stereocenters. The maximum Gasteiger partial charge on any atom is 0.251 e. The minimum Gasteiger partial charge on any atom is -0.345 e. The van der Waals surface area contributed by atoms with Gasteiger partial charge in [0.25, 0.3) is 5.91 Å². The van der Waals surface area contributed by atoms with Gasteiger partial charge in [-0.05, 0) is 48.6 Å². The van der Waals surface area contributed by atoms with E-state index in [1.165, 1.54) is 22.0 Å². The first-order valence-corrected chi connectivity index (χ1v) is 11.4. The van der Waals surface area contributed by atoms with Crippen molar-refractivity contribution in [2.24, 2.45) is 0 Å². The lowest BCUT2D eigenvalue weighted by Crippen LogP contribution is -2.32. The number of nitrogens with one attached hydrogen (secondary N) is 1. The second-order valence-electron chi connectivity index (χ2n) is 6.85. The van der Waals surface area contributed by atoms with E-state index in [0.717, 1.165) is 24.8 Å². The number of fused-ring (bicyclic) bond motifs is 1. The Kier molecular flexibility index (Phi) is 6.43. The molecule has 1 aliphatic carbocycles. The summed E-state index contributed by atoms with van der Waals surface area (Å²) in [5.41, 5.74) is 2.67. The first kappa shape index (κ1) is 20.8. The number of rotatable bonds is 6. The molecule has 0 heterocycles. The maximum absolute atomic E-state index is 12.9. The van der Waals surface area contributed by atoms with E-state index in [-0.39, 0.29) is 27.4 Å². The Morgan fingerprint density at radius 3 is 2.61 bits per heavy atom. The van der Waals surface area contributed by atoms with Gasteiger partial charge in [-0.25, -0.2) is 8.42 Å². The van der Waals surface area contributed by atoms with Crippen molar-refractivity contribution in [1.29, 1.82) is 0 Å². The van der Waals surface area contributed by atoms with E-state index in [0.29, 0.717) is 13.1 Å². The van der Waals surface area contributed by atoms with Gasteiger partial charge in [-0.15, -0.1) is 0 Å². The standard InChI is InChI=1S/C21H25ClN2O3S/c1-3-24(4-2)28(26,27)20-14-16(12-13-18(20)22)21(25)23-19-11-7-9-15-8-5-6-10-17(15)19/h5-6,8,10,12-14,19H,3-4,7,9,11H2,1-2H3,(H,23,25). The summed E-state index contributed by atoms with van der Waals surface area (Å²) in [4.78, 5) is 12.8. The molecule has 28 heavy (non-hydrogen) atoms. The van der Waals surface area contributed by atoms with Crippen LogP contribution in [-0.2, 0) is 16.4 Å². The number of benzene rings is 2. The van der Waals surface area contributed by atoms with Crippen LogP contribution in [0.5, 0.6) is 0 Å². The molecule has 0 bridgehead atoms. The lowest BCUT2D eigenvalue weighted by molar-refractivity contribution is 0.0932. The summed E-state index contributed by atoms with van der Waals surface area (Å²) in [6.07, 6.45) is 2.88. The van der Waals surface area contributed by atoms with Gasteiger partial charge in [0.1, 0.15) is 4.90 Å². The van der Waals surface area contributed by atoms with Crippen molar-refractivity contribution >= 4 is 27.5 Å². The molecule has 0 fully saturated rings. The zero-order chi connectivity index (χ0) is 20.3. The quantitative estimate of drug-likeness (QED) is 0.762. The number of amides is 1. The smallest absolute Gasteiger partial charge is 0.251 e. The molecule has 1 N–H and O–H groups in total. The highest BCUT2D eigenvalue weighted by molar-refractivity contribution is 7.89. The van der Waals surface area contributed by atoms with Crippen LogP contribution in [0.4, 0.5) is 0 Å². The van der Waals surface area contributed by atoms with Gasteiger partial charge in [-0.1, -0.05) is 49.7 Å². The fourth-order valence-corrected chi connectivity index (χ4v) is 5.65. The molecule has 150 valence electrons. The summed E-state index contributed by atoms with van der Waals surface area (Å²) < 4.78 is 27.0. The number of carbonyl (C=O) groups excluding carboxylic acids is 1. The highest BCUT2D eigenvalue weighted by Gasteiger charge is 2.27. The topological polar surface area (TPSA) is 66.5 Å². The fourth-order valence-electron chi connectivity index (χ4n) is 3.69. The first-order valence-electron chi connectivity index (χ1n) is 9.56. The third kappa shape index (κ3) is 4.09. The molecule has 2 aromatic rings. The second kappa shape index (κ2) is 8.64. The van der Waals surface area contributed by atoms with Crippen LogP contribution in [0.3, 0.4) is 0 Å². The second-order valence-corrected chi connectivity index (χ2v) is 9.17. The van der Waals surface area contributed by atoms with E-state index in [4.69, 9.17) is 11.6 Å². The molecule has 3 rings (SSSR count). The Morgan fingerprint density at radius 1 is 1.18 bits per heavy atom. The van der Waals surface area contributed by atoms with Gasteiger partial charge in [-0.2, -0.15) is 4.31 Å². The molecule has 0 saturated carbocycles. The molecule has 0 spiro atoms. The lowest BCUT2D eigenvalue weighted by Gasteiger charge is -2.26. The molecule has 0 aliphatic heterocycles. The molecule has 5 nitrogen and oxygen atoms in total. The fraction of sp³-hybridized carbons (Fsp3) is 0.381. The predicted octanol–water partition coefficient (Wildman–Crippen LogP) is 4.18. The van der Waals surface area contributed by atoms with E-state index in [2.05, 4.69) is 11.4 Å². The number of halogens is 1. The van der Waals surface area contributed by atoms with Crippen LogP contribution in [0.2, 0.25) is 5.02 Å². The SMILES string of the molecule is CCN(CC)S(=O)(=O)c1cc(C(=O)NC2CCCc3ccccc32)ccc1Cl. The van der Waals surface area contributed by atoms with Crippen molar-refractivity contribution < 1.29 is 13.2 Å². The van der Waals surface area contributed by atoms with Crippen molar-refractivity contribution in [3.05, 3.63) is 64.2 Å². The molecule has 0 radical (unpaired) electrons. The van der Waals surface area contributed by atoms with Crippen molar-refractivity contribution in [3.8, 4) is 0 Å². The summed E-state index contributed by atoms with van der Waals surface area (Å²) in [5, 5.41) is 3.17. The van der Waals surface area contributed by atoms with Gasteiger partial charge in [0.2, 0.25) is 10.0 Å². The van der Waals surface area contributed by atoms with Gasteiger partial charge >= 0.3 is 0 Å². The molecule has 1 atom stereocenters. The number of aryl methyl sites for hydroxylation is 1. The van der Waals surface area contributed by atoms with Crippen molar-refractivity contribution in [3.63, 3.8) is 0 Å². The third-order valence-electron chi connectivity index (χ3n) is 5.19. The third-order valence-corrected chi connectivity index (χ3v) is 7.72. The Balaban J connectivity index is 1.88. The minimum absolute atomic E-state index is 0.0328. The first-order chi connectivity index (χ1) is 13.4. The predicted molar refractivity (Wildman–Crippen MR) is 111 cm³/mol. The summed E-state index contributed by atoms with van der Waals surface area (Å²) in [6.45, 7) is 4.22. The summed E-state index contributed by atoms with van der Waals surface area (Å²) in [6, 6.07) is 12.4. The van der Waals surface area contributed by atoms with Crippen molar-refractivity contribution in [2.75, 3.05) is 13.1 Å². The van der Waals surface area contributed by atoms with Gasteiger partial charge in [0.15, 0.2) is 0 Å². The Labute approximate surface area is 171 Å². The number of nitrogens with zero attached hydrogens (tertiary/aromatic N) is 1. The molecule has 2 aromatic carbocycles.